The zero-order valence-corrected chi connectivity index (χ0v) is 20.1. The van der Waals surface area contributed by atoms with E-state index in [-0.39, 0.29) is 41.4 Å². The highest BCUT2D eigenvalue weighted by molar-refractivity contribution is 7.89. The number of hydrogen-bond acceptors (Lipinski definition) is 5. The minimum absolute atomic E-state index is 0.0217. The summed E-state index contributed by atoms with van der Waals surface area (Å²) in [6, 6.07) is 13.8. The van der Waals surface area contributed by atoms with Crippen molar-refractivity contribution in [1.82, 2.24) is 14.5 Å². The van der Waals surface area contributed by atoms with Crippen LogP contribution < -0.4 is 5.32 Å². The molecule has 3 rings (SSSR count). The number of nitrogens with one attached hydrogen (secondary N) is 1. The van der Waals surface area contributed by atoms with Crippen molar-refractivity contribution in [3.05, 3.63) is 64.7 Å². The molecule has 2 atom stereocenters. The van der Waals surface area contributed by atoms with Crippen molar-refractivity contribution < 1.29 is 18.0 Å². The van der Waals surface area contributed by atoms with E-state index in [0.717, 1.165) is 5.56 Å². The van der Waals surface area contributed by atoms with Gasteiger partial charge in [-0.25, -0.2) is 8.42 Å². The predicted molar refractivity (Wildman–Crippen MR) is 124 cm³/mol. The van der Waals surface area contributed by atoms with Crippen molar-refractivity contribution in [3.63, 3.8) is 0 Å². The maximum absolute atomic E-state index is 13.0. The van der Waals surface area contributed by atoms with Gasteiger partial charge in [0, 0.05) is 30.7 Å². The number of halogens is 1. The predicted octanol–water partition coefficient (Wildman–Crippen LogP) is 2.82. The van der Waals surface area contributed by atoms with E-state index in [2.05, 4.69) is 5.32 Å². The molecular weight excluding hydrogens is 464 g/mol. The van der Waals surface area contributed by atoms with Crippen LogP contribution in [0.3, 0.4) is 0 Å². The maximum Gasteiger partial charge on any atom is 0.254 e. The van der Waals surface area contributed by atoms with Crippen molar-refractivity contribution in [1.29, 1.82) is 5.26 Å². The van der Waals surface area contributed by atoms with Crippen LogP contribution in [0.4, 0.5) is 0 Å². The second kappa shape index (κ2) is 9.91. The fourth-order valence-electron chi connectivity index (χ4n) is 3.38. The summed E-state index contributed by atoms with van der Waals surface area (Å²) in [5.74, 6) is -1.14. The van der Waals surface area contributed by atoms with Crippen LogP contribution in [0.25, 0.3) is 0 Å². The normalized spacial score (nSPS) is 16.2. The lowest BCUT2D eigenvalue weighted by molar-refractivity contribution is -0.125. The highest BCUT2D eigenvalue weighted by Gasteiger charge is 2.37. The largest absolute Gasteiger partial charge is 0.348 e. The van der Waals surface area contributed by atoms with E-state index < -0.39 is 22.0 Å². The molecule has 0 aliphatic carbocycles. The van der Waals surface area contributed by atoms with Crippen molar-refractivity contribution in [2.24, 2.45) is 5.92 Å². The van der Waals surface area contributed by atoms with Gasteiger partial charge in [-0.15, -0.1) is 0 Å². The van der Waals surface area contributed by atoms with Gasteiger partial charge in [-0.3, -0.25) is 9.59 Å². The Bertz CT molecular complexity index is 1190. The fourth-order valence-corrected chi connectivity index (χ4v) is 5.08. The van der Waals surface area contributed by atoms with E-state index in [4.69, 9.17) is 16.9 Å². The maximum atomic E-state index is 13.0. The number of nitrogens with zero attached hydrogens (tertiary/aromatic N) is 3. The van der Waals surface area contributed by atoms with E-state index in [0.29, 0.717) is 5.02 Å². The van der Waals surface area contributed by atoms with Gasteiger partial charge in [0.1, 0.15) is 6.04 Å². The van der Waals surface area contributed by atoms with Gasteiger partial charge < -0.3 is 10.2 Å². The number of carbonyl (C=O) groups excluding carboxylic acids is 2. The molecule has 1 heterocycles. The molecule has 0 saturated carbocycles. The monoisotopic (exact) mass is 488 g/mol. The minimum atomic E-state index is -3.79. The molecule has 0 aromatic heterocycles. The lowest BCUT2D eigenvalue weighted by Gasteiger charge is -2.34. The first-order valence-electron chi connectivity index (χ1n) is 10.4. The molecule has 2 aromatic carbocycles. The zero-order chi connectivity index (χ0) is 24.3. The summed E-state index contributed by atoms with van der Waals surface area (Å²) >= 11 is 5.90. The molecule has 1 aliphatic rings. The van der Waals surface area contributed by atoms with Gasteiger partial charge in [-0.1, -0.05) is 29.8 Å². The van der Waals surface area contributed by atoms with Crippen LogP contribution in [0, 0.1) is 17.2 Å². The van der Waals surface area contributed by atoms with Crippen LogP contribution in [-0.2, 0) is 14.8 Å². The number of nitriles is 1. The molecule has 0 radical (unpaired) electrons. The Morgan fingerprint density at radius 1 is 1.18 bits per heavy atom. The molecule has 1 fully saturated rings. The number of benzene rings is 2. The van der Waals surface area contributed by atoms with Gasteiger partial charge in [0.25, 0.3) is 5.91 Å². The Hall–Kier alpha value is -2.93. The average molecular weight is 489 g/mol. The van der Waals surface area contributed by atoms with Crippen LogP contribution in [0.5, 0.6) is 0 Å². The zero-order valence-electron chi connectivity index (χ0n) is 18.5. The van der Waals surface area contributed by atoms with E-state index in [9.17, 15) is 18.0 Å². The highest BCUT2D eigenvalue weighted by atomic mass is 35.5. The number of carbonyl (C=O) groups is 2. The Balaban J connectivity index is 1.69. The second-order valence-corrected chi connectivity index (χ2v) is 10.4. The average Bonchev–Trinajstić information content (AvgIpc) is 2.77. The topological polar surface area (TPSA) is 111 Å². The van der Waals surface area contributed by atoms with Gasteiger partial charge in [0.2, 0.25) is 15.9 Å². The van der Waals surface area contributed by atoms with E-state index in [1.165, 1.54) is 40.5 Å². The van der Waals surface area contributed by atoms with Gasteiger partial charge in [-0.05, 0) is 49.7 Å². The quantitative estimate of drug-likeness (QED) is 0.644. The molecule has 0 bridgehead atoms. The molecule has 10 heteroatoms. The van der Waals surface area contributed by atoms with Crippen LogP contribution in [0.15, 0.2) is 53.4 Å². The molecule has 1 N–H and O–H groups in total. The van der Waals surface area contributed by atoms with Gasteiger partial charge in [0.05, 0.1) is 22.9 Å². The Labute approximate surface area is 198 Å². The summed E-state index contributed by atoms with van der Waals surface area (Å²) < 4.78 is 26.7. The molecule has 33 heavy (non-hydrogen) atoms. The third kappa shape index (κ3) is 5.36. The van der Waals surface area contributed by atoms with Crippen molar-refractivity contribution in [2.45, 2.75) is 30.8 Å². The van der Waals surface area contributed by atoms with Crippen LogP contribution in [0.1, 0.15) is 35.8 Å². The summed E-state index contributed by atoms with van der Waals surface area (Å²) in [6.07, 6.45) is 0. The number of sulfonamides is 1. The molecular formula is C23H25ClN4O4S. The highest BCUT2D eigenvalue weighted by Crippen LogP contribution is 2.25. The molecule has 1 aliphatic heterocycles. The Kier molecular flexibility index (Phi) is 7.42. The summed E-state index contributed by atoms with van der Waals surface area (Å²) in [4.78, 5) is 27.0. The van der Waals surface area contributed by atoms with E-state index in [1.54, 1.807) is 19.1 Å². The number of rotatable bonds is 7. The second-order valence-electron chi connectivity index (χ2n) is 8.05. The van der Waals surface area contributed by atoms with Crippen molar-refractivity contribution in [3.8, 4) is 6.07 Å². The molecule has 2 aromatic rings. The Morgan fingerprint density at radius 3 is 2.42 bits per heavy atom. The molecule has 1 saturated heterocycles. The van der Waals surface area contributed by atoms with Crippen LogP contribution in [-0.4, -0.2) is 55.6 Å². The van der Waals surface area contributed by atoms with Crippen LogP contribution >= 0.6 is 11.6 Å². The first kappa shape index (κ1) is 24.7. The first-order chi connectivity index (χ1) is 15.5. The third-order valence-electron chi connectivity index (χ3n) is 5.76. The summed E-state index contributed by atoms with van der Waals surface area (Å²) in [5.41, 5.74) is 1.03. The van der Waals surface area contributed by atoms with E-state index >= 15 is 0 Å². The summed E-state index contributed by atoms with van der Waals surface area (Å²) in [7, 11) is -2.30. The van der Waals surface area contributed by atoms with Crippen LogP contribution in [0.2, 0.25) is 5.02 Å². The minimum Gasteiger partial charge on any atom is -0.348 e. The molecule has 2 amide bonds. The molecule has 174 valence electrons. The SMILES string of the molecule is CC(NC(=O)C(C)N(C)C(=O)c1cccc(S(=O)(=O)N2CC(C#N)C2)c1)c1ccc(Cl)cc1. The standard InChI is InChI=1S/C23H25ClN4O4S/c1-15(18-7-9-20(24)10-8-18)26-22(29)16(2)27(3)23(30)19-5-4-6-21(11-19)33(31,32)28-13-17(12-25)14-28/h4-11,15-17H,13-14H2,1-3H3,(H,26,29). The van der Waals surface area contributed by atoms with Crippen molar-refractivity contribution in [2.75, 3.05) is 20.1 Å². The van der Waals surface area contributed by atoms with Gasteiger partial charge in [0.15, 0.2) is 0 Å². The number of amides is 2. The fraction of sp³-hybridized carbons (Fsp3) is 0.348. The Morgan fingerprint density at radius 2 is 1.82 bits per heavy atom. The molecule has 2 unspecified atom stereocenters. The van der Waals surface area contributed by atoms with E-state index in [1.807, 2.05) is 25.1 Å². The lowest BCUT2D eigenvalue weighted by Crippen LogP contribution is -2.49. The molecule has 8 nitrogen and oxygen atoms in total. The molecule has 0 spiro atoms. The van der Waals surface area contributed by atoms with Gasteiger partial charge in [-0.2, -0.15) is 9.57 Å². The number of hydrogen-bond donors (Lipinski definition) is 1. The lowest BCUT2D eigenvalue weighted by atomic mass is 10.1. The van der Waals surface area contributed by atoms with Crippen molar-refractivity contribution >= 4 is 33.4 Å². The van der Waals surface area contributed by atoms with Gasteiger partial charge >= 0.3 is 0 Å². The third-order valence-corrected chi connectivity index (χ3v) is 7.84. The smallest absolute Gasteiger partial charge is 0.254 e. The summed E-state index contributed by atoms with van der Waals surface area (Å²) in [6.45, 7) is 3.71. The summed E-state index contributed by atoms with van der Waals surface area (Å²) in [5, 5.41) is 12.4. The first-order valence-corrected chi connectivity index (χ1v) is 12.2. The number of likely N-dealkylation sites (N-methyl/N-ethyl adjacent to an activating group) is 1.